The van der Waals surface area contributed by atoms with Crippen LogP contribution in [0.15, 0.2) is 16.6 Å². The van der Waals surface area contributed by atoms with Crippen molar-refractivity contribution in [1.82, 2.24) is 10.2 Å². The van der Waals surface area contributed by atoms with Crippen LogP contribution >= 0.6 is 15.9 Å². The van der Waals surface area contributed by atoms with Crippen molar-refractivity contribution in [3.63, 3.8) is 0 Å². The van der Waals surface area contributed by atoms with Gasteiger partial charge in [-0.15, -0.1) is 0 Å². The Morgan fingerprint density at radius 3 is 2.95 bits per heavy atom. The van der Waals surface area contributed by atoms with Crippen LogP contribution in [0.25, 0.3) is 0 Å². The molecular weight excluding hydrogens is 334 g/mol. The number of likely N-dealkylation sites (N-methyl/N-ethyl adjacent to an activating group) is 1. The van der Waals surface area contributed by atoms with Crippen LogP contribution in [0.1, 0.15) is 29.3 Å². The van der Waals surface area contributed by atoms with E-state index in [1.165, 1.54) is 0 Å². The number of ether oxygens (including phenoxy) is 1. The highest BCUT2D eigenvalue weighted by Gasteiger charge is 2.22. The predicted octanol–water partition coefficient (Wildman–Crippen LogP) is 2.00. The van der Waals surface area contributed by atoms with E-state index in [4.69, 9.17) is 10.5 Å². The lowest BCUT2D eigenvalue weighted by Gasteiger charge is -2.18. The fourth-order valence-electron chi connectivity index (χ4n) is 2.60. The molecule has 0 radical (unpaired) electrons. The number of nitrogens with one attached hydrogen (secondary N) is 1. The number of rotatable bonds is 5. The molecule has 1 unspecified atom stereocenters. The molecule has 1 aromatic rings. The average Bonchev–Trinajstić information content (AvgIpc) is 2.90. The summed E-state index contributed by atoms with van der Waals surface area (Å²) in [5.41, 5.74) is 7.98. The van der Waals surface area contributed by atoms with E-state index in [1.807, 2.05) is 13.1 Å². The molecule has 1 aromatic carbocycles. The van der Waals surface area contributed by atoms with Crippen LogP contribution in [0.2, 0.25) is 0 Å². The predicted molar refractivity (Wildman–Crippen MR) is 87.3 cm³/mol. The number of benzene rings is 1. The molecule has 0 spiro atoms. The molecule has 1 aliphatic rings. The highest BCUT2D eigenvalue weighted by atomic mass is 79.9. The molecule has 6 heteroatoms. The topological polar surface area (TPSA) is 67.6 Å². The first kappa shape index (κ1) is 16.3. The number of halogens is 1. The number of nitrogens with zero attached hydrogens (tertiary/aromatic N) is 1. The van der Waals surface area contributed by atoms with Gasteiger partial charge in [-0.25, -0.2) is 4.79 Å². The van der Waals surface area contributed by atoms with E-state index in [0.29, 0.717) is 23.9 Å². The number of nitrogen functional groups attached to an aromatic ring is 1. The zero-order chi connectivity index (χ0) is 15.4. The fourth-order valence-corrected chi connectivity index (χ4v) is 3.07. The van der Waals surface area contributed by atoms with Crippen molar-refractivity contribution in [2.75, 3.05) is 32.5 Å². The zero-order valence-corrected chi connectivity index (χ0v) is 14.1. The Morgan fingerprint density at radius 2 is 2.33 bits per heavy atom. The first-order valence-electron chi connectivity index (χ1n) is 7.19. The minimum absolute atomic E-state index is 0.344. The largest absolute Gasteiger partial charge is 0.462 e. The van der Waals surface area contributed by atoms with Gasteiger partial charge in [-0.1, -0.05) is 15.9 Å². The van der Waals surface area contributed by atoms with Crippen molar-refractivity contribution < 1.29 is 9.53 Å². The van der Waals surface area contributed by atoms with Gasteiger partial charge >= 0.3 is 5.97 Å². The minimum atomic E-state index is -0.376. The third-order valence-electron chi connectivity index (χ3n) is 3.79. The van der Waals surface area contributed by atoms with Crippen LogP contribution in [0.5, 0.6) is 0 Å². The summed E-state index contributed by atoms with van der Waals surface area (Å²) in [5, 5.41) is 3.30. The van der Waals surface area contributed by atoms with Crippen molar-refractivity contribution in [1.29, 1.82) is 0 Å². The van der Waals surface area contributed by atoms with Gasteiger partial charge in [-0.05, 0) is 38.1 Å². The molecule has 0 aliphatic carbocycles. The van der Waals surface area contributed by atoms with E-state index in [0.717, 1.165) is 36.1 Å². The van der Waals surface area contributed by atoms with E-state index in [1.54, 1.807) is 13.0 Å². The van der Waals surface area contributed by atoms with Crippen LogP contribution < -0.4 is 11.1 Å². The first-order chi connectivity index (χ1) is 10.0. The zero-order valence-electron chi connectivity index (χ0n) is 12.5. The van der Waals surface area contributed by atoms with Gasteiger partial charge in [0, 0.05) is 35.8 Å². The molecule has 0 saturated carbocycles. The lowest BCUT2D eigenvalue weighted by molar-refractivity contribution is 0.0527. The van der Waals surface area contributed by atoms with Gasteiger partial charge in [-0.2, -0.15) is 0 Å². The number of carbonyl (C=O) groups is 1. The van der Waals surface area contributed by atoms with Gasteiger partial charge in [0.15, 0.2) is 0 Å². The average molecular weight is 356 g/mol. The summed E-state index contributed by atoms with van der Waals surface area (Å²) in [7, 11) is 2.00. The summed E-state index contributed by atoms with van der Waals surface area (Å²) in [5.74, 6) is -0.376. The maximum atomic E-state index is 11.8. The first-order valence-corrected chi connectivity index (χ1v) is 7.99. The SMILES string of the molecule is CCOC(=O)c1cc(Br)c(CN2CCC(NC)C2)cc1N. The molecule has 3 N–H and O–H groups in total. The molecule has 5 nitrogen and oxygen atoms in total. The van der Waals surface area contributed by atoms with Gasteiger partial charge in [0.1, 0.15) is 0 Å². The summed E-state index contributed by atoms with van der Waals surface area (Å²) >= 11 is 3.53. The highest BCUT2D eigenvalue weighted by Crippen LogP contribution is 2.26. The number of carbonyl (C=O) groups excluding carboxylic acids is 1. The Balaban J connectivity index is 2.11. The molecule has 2 rings (SSSR count). The quantitative estimate of drug-likeness (QED) is 0.624. The van der Waals surface area contributed by atoms with Gasteiger partial charge in [0.2, 0.25) is 0 Å². The van der Waals surface area contributed by atoms with Gasteiger partial charge in [-0.3, -0.25) is 4.90 Å². The molecule has 21 heavy (non-hydrogen) atoms. The molecule has 0 aromatic heterocycles. The van der Waals surface area contributed by atoms with Crippen molar-refractivity contribution in [2.45, 2.75) is 25.9 Å². The van der Waals surface area contributed by atoms with Crippen LogP contribution in [0, 0.1) is 0 Å². The second kappa shape index (κ2) is 7.24. The number of hydrogen-bond donors (Lipinski definition) is 2. The third-order valence-corrected chi connectivity index (χ3v) is 4.53. The summed E-state index contributed by atoms with van der Waals surface area (Å²) in [6.07, 6.45) is 1.16. The Hall–Kier alpha value is -1.11. The van der Waals surface area contributed by atoms with Crippen LogP contribution in [-0.2, 0) is 11.3 Å². The number of hydrogen-bond acceptors (Lipinski definition) is 5. The highest BCUT2D eigenvalue weighted by molar-refractivity contribution is 9.10. The van der Waals surface area contributed by atoms with Gasteiger partial charge < -0.3 is 15.8 Å². The van der Waals surface area contributed by atoms with E-state index in [-0.39, 0.29) is 5.97 Å². The minimum Gasteiger partial charge on any atom is -0.462 e. The summed E-state index contributed by atoms with van der Waals surface area (Å²) in [4.78, 5) is 14.2. The van der Waals surface area contributed by atoms with E-state index in [2.05, 4.69) is 26.1 Å². The maximum Gasteiger partial charge on any atom is 0.340 e. The standard InChI is InChI=1S/C15H22BrN3O2/c1-3-21-15(20)12-7-13(16)10(6-14(12)17)8-19-5-4-11(9-19)18-2/h6-7,11,18H,3-5,8-9,17H2,1-2H3. The van der Waals surface area contributed by atoms with Crippen molar-refractivity contribution >= 4 is 27.6 Å². The van der Waals surface area contributed by atoms with Crippen LogP contribution in [-0.4, -0.2) is 43.7 Å². The summed E-state index contributed by atoms with van der Waals surface area (Å²) in [6, 6.07) is 4.18. The van der Waals surface area contributed by atoms with Gasteiger partial charge in [0.05, 0.1) is 12.2 Å². The number of anilines is 1. The maximum absolute atomic E-state index is 11.8. The molecule has 1 fully saturated rings. The lowest BCUT2D eigenvalue weighted by atomic mass is 10.1. The van der Waals surface area contributed by atoms with Crippen molar-refractivity contribution in [3.05, 3.63) is 27.7 Å². The molecular formula is C15H22BrN3O2. The Labute approximate surface area is 134 Å². The third kappa shape index (κ3) is 3.96. The number of likely N-dealkylation sites (tertiary alicyclic amines) is 1. The molecule has 1 atom stereocenters. The lowest BCUT2D eigenvalue weighted by Crippen LogP contribution is -2.29. The molecule has 0 amide bonds. The number of esters is 1. The van der Waals surface area contributed by atoms with Crippen LogP contribution in [0.4, 0.5) is 5.69 Å². The van der Waals surface area contributed by atoms with E-state index in [9.17, 15) is 4.79 Å². The Morgan fingerprint density at radius 1 is 1.57 bits per heavy atom. The van der Waals surface area contributed by atoms with Crippen molar-refractivity contribution in [2.24, 2.45) is 0 Å². The molecule has 1 saturated heterocycles. The molecule has 1 heterocycles. The normalized spacial score (nSPS) is 18.9. The van der Waals surface area contributed by atoms with Crippen LogP contribution in [0.3, 0.4) is 0 Å². The monoisotopic (exact) mass is 355 g/mol. The van der Waals surface area contributed by atoms with E-state index < -0.39 is 0 Å². The number of nitrogens with two attached hydrogens (primary N) is 1. The summed E-state index contributed by atoms with van der Waals surface area (Å²) in [6.45, 7) is 5.05. The molecule has 116 valence electrons. The Bertz CT molecular complexity index is 522. The fraction of sp³-hybridized carbons (Fsp3) is 0.533. The van der Waals surface area contributed by atoms with Gasteiger partial charge in [0.25, 0.3) is 0 Å². The molecule has 0 bridgehead atoms. The second-order valence-corrected chi connectivity index (χ2v) is 6.12. The summed E-state index contributed by atoms with van der Waals surface area (Å²) < 4.78 is 5.90. The Kier molecular flexibility index (Phi) is 5.61. The van der Waals surface area contributed by atoms with Crippen molar-refractivity contribution in [3.8, 4) is 0 Å². The molecule has 1 aliphatic heterocycles. The van der Waals surface area contributed by atoms with E-state index >= 15 is 0 Å². The smallest absolute Gasteiger partial charge is 0.340 e. The second-order valence-electron chi connectivity index (χ2n) is 5.26.